The van der Waals surface area contributed by atoms with Gasteiger partial charge in [-0.15, -0.1) is 0 Å². The lowest BCUT2D eigenvalue weighted by atomic mass is 9.45. The van der Waals surface area contributed by atoms with Crippen LogP contribution in [0, 0.1) is 16.7 Å². The van der Waals surface area contributed by atoms with Crippen molar-refractivity contribution >= 4 is 52.0 Å². The van der Waals surface area contributed by atoms with Gasteiger partial charge in [0.1, 0.15) is 23.9 Å². The number of carbonyl (C=O) groups is 6. The number of hydrogen-bond acceptors (Lipinski definition) is 13. The molecule has 1 unspecified atom stereocenters. The predicted octanol–water partition coefficient (Wildman–Crippen LogP) is 9.43. The molecule has 1 heterocycles. The van der Waals surface area contributed by atoms with Crippen LogP contribution in [0.4, 0.5) is 0 Å². The second kappa shape index (κ2) is 20.5. The van der Waals surface area contributed by atoms with Crippen LogP contribution in [0.15, 0.2) is 102 Å². The zero-order valence-corrected chi connectivity index (χ0v) is 46.8. The number of benzene rings is 3. The van der Waals surface area contributed by atoms with Gasteiger partial charge in [0.2, 0.25) is 11.6 Å². The molecule has 73 heavy (non-hydrogen) atoms. The standard InChI is InChI=1S/C57H75NO13Si2/c1-14-73(15-2,16-3)70-41-32-42-56(34-66-42,69-36(5)59)47-49(68-51(63)39-30-24-19-25-31-39)57(65)33-40(35(4)43(54(57,9)10)45(60)48(61)55(41,47)11)67-52(64)46(71-72(12,13)53(6,7)8)44(37-26-20-17-21-27-37)58-50(62)38-28-22-18-23-29-38/h17-31,40-42,44,46-47,49,65H,14-16,32-34H2,1-13H3,(H,58,62)/t40-,41-,42+,44-,46?,47-,49-,55+,56-,57+/m0/s1. The van der Waals surface area contributed by atoms with E-state index in [9.17, 15) is 19.5 Å². The summed E-state index contributed by atoms with van der Waals surface area (Å²) in [6.07, 6.45) is -6.90. The highest BCUT2D eigenvalue weighted by Gasteiger charge is 2.78. The molecule has 16 heteroatoms. The van der Waals surface area contributed by atoms with Gasteiger partial charge in [-0.1, -0.05) is 122 Å². The van der Waals surface area contributed by atoms with Crippen molar-refractivity contribution in [3.05, 3.63) is 119 Å². The van der Waals surface area contributed by atoms with Crippen LogP contribution in [-0.2, 0) is 47.0 Å². The summed E-state index contributed by atoms with van der Waals surface area (Å²) in [5.41, 5.74) is -6.49. The van der Waals surface area contributed by atoms with Gasteiger partial charge >= 0.3 is 17.9 Å². The molecule has 1 aliphatic heterocycles. The summed E-state index contributed by atoms with van der Waals surface area (Å²) >= 11 is 0. The van der Waals surface area contributed by atoms with E-state index in [4.69, 9.17) is 27.8 Å². The normalized spacial score (nSPS) is 28.7. The second-order valence-corrected chi connectivity index (χ2v) is 32.3. The molecule has 3 aromatic rings. The van der Waals surface area contributed by atoms with Gasteiger partial charge in [-0.2, -0.15) is 0 Å². The molecule has 2 N–H and O–H groups in total. The zero-order chi connectivity index (χ0) is 53.7. The Labute approximate surface area is 432 Å². The van der Waals surface area contributed by atoms with Gasteiger partial charge in [-0.25, -0.2) is 9.59 Å². The Morgan fingerprint density at radius 2 is 1.38 bits per heavy atom. The number of ether oxygens (including phenoxy) is 4. The predicted molar refractivity (Wildman–Crippen MR) is 279 cm³/mol. The van der Waals surface area contributed by atoms with E-state index >= 15 is 14.4 Å². The van der Waals surface area contributed by atoms with Crippen molar-refractivity contribution in [3.8, 4) is 0 Å². The van der Waals surface area contributed by atoms with Crippen molar-refractivity contribution in [2.45, 2.75) is 173 Å². The minimum atomic E-state index is -2.92. The Morgan fingerprint density at radius 1 is 0.836 bits per heavy atom. The maximum Gasteiger partial charge on any atom is 0.338 e. The molecule has 0 spiro atoms. The van der Waals surface area contributed by atoms with Crippen LogP contribution in [0.5, 0.6) is 0 Å². The van der Waals surface area contributed by atoms with E-state index in [1.54, 1.807) is 113 Å². The molecule has 3 aromatic carbocycles. The number of aliphatic hydroxyl groups is 1. The summed E-state index contributed by atoms with van der Waals surface area (Å²) in [4.78, 5) is 89.6. The van der Waals surface area contributed by atoms with Crippen molar-refractivity contribution < 1.29 is 61.7 Å². The molecule has 10 atom stereocenters. The molecule has 14 nitrogen and oxygen atoms in total. The Morgan fingerprint density at radius 3 is 1.89 bits per heavy atom. The fraction of sp³-hybridized carbons (Fsp3) is 0.544. The highest BCUT2D eigenvalue weighted by Crippen LogP contribution is 2.64. The Bertz CT molecular complexity index is 2600. The molecule has 1 amide bonds. The van der Waals surface area contributed by atoms with Crippen molar-refractivity contribution in [3.63, 3.8) is 0 Å². The first-order valence-electron chi connectivity index (χ1n) is 25.8. The van der Waals surface area contributed by atoms with Crippen molar-refractivity contribution in [1.82, 2.24) is 5.32 Å². The Hall–Kier alpha value is -5.11. The van der Waals surface area contributed by atoms with Gasteiger partial charge in [0.25, 0.3) is 5.91 Å². The van der Waals surface area contributed by atoms with Gasteiger partial charge in [0, 0.05) is 36.3 Å². The number of fused-ring (bicyclic) bond motifs is 5. The molecule has 0 aromatic heterocycles. The van der Waals surface area contributed by atoms with E-state index in [1.807, 2.05) is 60.7 Å². The molecular weight excluding hydrogens is 963 g/mol. The molecule has 0 radical (unpaired) electrons. The molecular formula is C57H75NO13Si2. The van der Waals surface area contributed by atoms with Crippen LogP contribution in [-0.4, -0.2) is 105 Å². The summed E-state index contributed by atoms with van der Waals surface area (Å²) in [7, 11) is -5.54. The molecule has 3 aliphatic carbocycles. The average molecular weight is 1040 g/mol. The molecule has 394 valence electrons. The third-order valence-corrected chi connectivity index (χ3v) is 26.6. The maximum absolute atomic E-state index is 16.0. The van der Waals surface area contributed by atoms with E-state index in [1.165, 1.54) is 6.92 Å². The fourth-order valence-corrected chi connectivity index (χ4v) is 15.9. The monoisotopic (exact) mass is 1040 g/mol. The first-order chi connectivity index (χ1) is 34.2. The third kappa shape index (κ3) is 9.76. The number of hydrogen-bond donors (Lipinski definition) is 2. The maximum atomic E-state index is 16.0. The lowest BCUT2D eigenvalue weighted by molar-refractivity contribution is -0.342. The quantitative estimate of drug-likeness (QED) is 0.0598. The molecule has 1 saturated heterocycles. The molecule has 7 rings (SSSR count). The molecule has 2 bridgehead atoms. The van der Waals surface area contributed by atoms with Gasteiger partial charge in [-0.3, -0.25) is 19.2 Å². The Kier molecular flexibility index (Phi) is 15.7. The van der Waals surface area contributed by atoms with E-state index in [2.05, 4.69) is 5.32 Å². The van der Waals surface area contributed by atoms with Crippen LogP contribution in [0.3, 0.4) is 0 Å². The summed E-state index contributed by atoms with van der Waals surface area (Å²) in [6.45, 7) is 23.6. The molecule has 3 fully saturated rings. The van der Waals surface area contributed by atoms with Crippen molar-refractivity contribution in [2.75, 3.05) is 6.61 Å². The van der Waals surface area contributed by atoms with Crippen LogP contribution >= 0.6 is 0 Å². The number of amides is 1. The van der Waals surface area contributed by atoms with E-state index in [0.717, 1.165) is 0 Å². The van der Waals surface area contributed by atoms with Crippen LogP contribution < -0.4 is 5.32 Å². The molecule has 2 saturated carbocycles. The highest BCUT2D eigenvalue weighted by molar-refractivity contribution is 6.74. The van der Waals surface area contributed by atoms with E-state index < -0.39 is 128 Å². The highest BCUT2D eigenvalue weighted by atomic mass is 28.4. The van der Waals surface area contributed by atoms with Gasteiger partial charge in [0.15, 0.2) is 28.3 Å². The number of rotatable bonds is 16. The summed E-state index contributed by atoms with van der Waals surface area (Å²) in [5.74, 6) is -6.19. The lowest BCUT2D eigenvalue weighted by Gasteiger charge is -2.67. The van der Waals surface area contributed by atoms with Gasteiger partial charge in [-0.05, 0) is 85.5 Å². The largest absolute Gasteiger partial charge is 0.456 e. The number of Topliss-reactive ketones (excluding diaryl/α,β-unsaturated/α-hetero) is 2. The summed E-state index contributed by atoms with van der Waals surface area (Å²) in [5, 5.41) is 16.8. The second-order valence-electron chi connectivity index (χ2n) is 22.8. The van der Waals surface area contributed by atoms with Crippen molar-refractivity contribution in [2.24, 2.45) is 16.7 Å². The van der Waals surface area contributed by atoms with Crippen LogP contribution in [0.1, 0.15) is 121 Å². The number of carbonyl (C=O) groups excluding carboxylic acids is 6. The number of esters is 3. The Balaban J connectivity index is 1.45. The van der Waals surface area contributed by atoms with E-state index in [0.29, 0.717) is 29.3 Å². The number of ketones is 2. The van der Waals surface area contributed by atoms with Crippen molar-refractivity contribution in [1.29, 1.82) is 0 Å². The summed E-state index contributed by atoms with van der Waals surface area (Å²) in [6, 6.07) is 26.7. The minimum Gasteiger partial charge on any atom is -0.456 e. The minimum absolute atomic E-state index is 0.0759. The average Bonchev–Trinajstić information content (AvgIpc) is 3.35. The van der Waals surface area contributed by atoms with Crippen LogP contribution in [0.2, 0.25) is 36.3 Å². The topological polar surface area (TPSA) is 190 Å². The van der Waals surface area contributed by atoms with E-state index in [-0.39, 0.29) is 29.7 Å². The fourth-order valence-electron chi connectivity index (χ4n) is 11.8. The summed E-state index contributed by atoms with van der Waals surface area (Å²) < 4.78 is 40.2. The number of nitrogens with one attached hydrogen (secondary N) is 1. The van der Waals surface area contributed by atoms with Gasteiger partial charge in [0.05, 0.1) is 35.6 Å². The lowest BCUT2D eigenvalue weighted by Crippen LogP contribution is -2.82. The third-order valence-electron chi connectivity index (χ3n) is 17.5. The molecule has 4 aliphatic rings. The van der Waals surface area contributed by atoms with Gasteiger partial charge < -0.3 is 38.2 Å². The SMILES string of the molecule is CC[Si](CC)(CC)O[C@H]1C[C@H]2OC[C@@]2(OC(C)=O)[C@H]2[C@H](OC(=O)c3ccccc3)[C@]3(O)C[C@H](OC(=O)C(O[Si](C)(C)C(C)(C)C)[C@@H](NC(=O)c4ccccc4)c4ccccc4)C(C)=C(C(=O)C(=O)[C@]12C)C3(C)C. The van der Waals surface area contributed by atoms with Crippen LogP contribution in [0.25, 0.3) is 0 Å². The smallest absolute Gasteiger partial charge is 0.338 e. The first kappa shape index (κ1) is 55.6. The zero-order valence-electron chi connectivity index (χ0n) is 44.8. The first-order valence-corrected chi connectivity index (χ1v) is 31.2.